The summed E-state index contributed by atoms with van der Waals surface area (Å²) in [6, 6.07) is 0. The number of likely N-dealkylation sites (tertiary alicyclic amines) is 1. The van der Waals surface area contributed by atoms with Gasteiger partial charge in [-0.3, -0.25) is 14.5 Å². The first-order valence-corrected chi connectivity index (χ1v) is 7.26. The monoisotopic (exact) mass is 267 g/mol. The van der Waals surface area contributed by atoms with E-state index in [-0.39, 0.29) is 23.8 Å². The van der Waals surface area contributed by atoms with Gasteiger partial charge < -0.3 is 5.11 Å². The van der Waals surface area contributed by atoms with Gasteiger partial charge in [-0.05, 0) is 37.0 Å². The number of carbonyl (C=O) groups excluding carboxylic acids is 2. The van der Waals surface area contributed by atoms with Crippen molar-refractivity contribution < 1.29 is 14.7 Å². The third kappa shape index (κ3) is 2.69. The number of hydrogen-bond acceptors (Lipinski definition) is 3. The zero-order valence-corrected chi connectivity index (χ0v) is 12.2. The molecule has 0 radical (unpaired) electrons. The van der Waals surface area contributed by atoms with Crippen LogP contribution in [0.15, 0.2) is 0 Å². The average molecular weight is 267 g/mol. The van der Waals surface area contributed by atoms with Gasteiger partial charge >= 0.3 is 0 Å². The van der Waals surface area contributed by atoms with Crippen molar-refractivity contribution in [3.8, 4) is 0 Å². The van der Waals surface area contributed by atoms with Crippen molar-refractivity contribution >= 4 is 11.8 Å². The summed E-state index contributed by atoms with van der Waals surface area (Å²) in [5.41, 5.74) is -0.875. The third-order valence-corrected chi connectivity index (χ3v) is 4.73. The van der Waals surface area contributed by atoms with E-state index in [4.69, 9.17) is 0 Å². The van der Waals surface area contributed by atoms with Crippen LogP contribution in [0.25, 0.3) is 0 Å². The molecular weight excluding hydrogens is 242 g/mol. The van der Waals surface area contributed by atoms with Crippen molar-refractivity contribution in [2.45, 2.75) is 64.8 Å². The predicted molar refractivity (Wildman–Crippen MR) is 72.3 cm³/mol. The van der Waals surface area contributed by atoms with Crippen molar-refractivity contribution in [3.63, 3.8) is 0 Å². The Balaban J connectivity index is 2.23. The second-order valence-corrected chi connectivity index (χ2v) is 7.21. The van der Waals surface area contributed by atoms with Gasteiger partial charge in [-0.15, -0.1) is 0 Å². The zero-order valence-electron chi connectivity index (χ0n) is 12.2. The summed E-state index contributed by atoms with van der Waals surface area (Å²) in [5.74, 6) is 0.404. The lowest BCUT2D eigenvalue weighted by atomic mass is 9.73. The Morgan fingerprint density at radius 3 is 2.05 bits per heavy atom. The Labute approximate surface area is 115 Å². The molecule has 0 aromatic heterocycles. The number of aliphatic hydroxyl groups is 1. The van der Waals surface area contributed by atoms with Gasteiger partial charge in [-0.1, -0.05) is 20.8 Å². The predicted octanol–water partition coefficient (Wildman–Crippen LogP) is 2.10. The number of aliphatic hydroxyl groups excluding tert-OH is 1. The number of piperidine rings is 1. The molecule has 1 heterocycles. The van der Waals surface area contributed by atoms with E-state index in [1.54, 1.807) is 0 Å². The van der Waals surface area contributed by atoms with Crippen molar-refractivity contribution in [3.05, 3.63) is 0 Å². The van der Waals surface area contributed by atoms with Crippen LogP contribution >= 0.6 is 0 Å². The largest absolute Gasteiger partial charge is 0.394 e. The van der Waals surface area contributed by atoms with Crippen LogP contribution in [-0.2, 0) is 9.59 Å². The summed E-state index contributed by atoms with van der Waals surface area (Å²) >= 11 is 0. The lowest BCUT2D eigenvalue weighted by Gasteiger charge is -2.49. The summed E-state index contributed by atoms with van der Waals surface area (Å²) in [6.07, 6.45) is 4.22. The first kappa shape index (κ1) is 14.5. The number of imide groups is 1. The molecule has 1 saturated heterocycles. The quantitative estimate of drug-likeness (QED) is 0.779. The van der Waals surface area contributed by atoms with Gasteiger partial charge in [-0.2, -0.15) is 0 Å². The maximum atomic E-state index is 12.4. The molecule has 2 rings (SSSR count). The average Bonchev–Trinajstić information content (AvgIpc) is 2.29. The minimum absolute atomic E-state index is 0.0996. The molecule has 1 aliphatic heterocycles. The standard InChI is InChI=1S/C15H25NO3/c1-11-4-6-15(10-17,7-5-11)16-12(18)8-14(2,3)9-13(16)19/h11,17H,4-10H2,1-3H3. The highest BCUT2D eigenvalue weighted by Crippen LogP contribution is 2.41. The van der Waals surface area contributed by atoms with Gasteiger partial charge in [0.2, 0.25) is 11.8 Å². The minimum atomic E-state index is -0.628. The van der Waals surface area contributed by atoms with Gasteiger partial charge in [-0.25, -0.2) is 0 Å². The highest BCUT2D eigenvalue weighted by atomic mass is 16.3. The third-order valence-electron chi connectivity index (χ3n) is 4.73. The van der Waals surface area contributed by atoms with E-state index in [1.165, 1.54) is 4.90 Å². The van der Waals surface area contributed by atoms with Crippen molar-refractivity contribution in [1.29, 1.82) is 0 Å². The molecule has 0 unspecified atom stereocenters. The molecule has 0 spiro atoms. The molecule has 2 fully saturated rings. The molecule has 1 saturated carbocycles. The summed E-state index contributed by atoms with van der Waals surface area (Å²) in [7, 11) is 0. The molecule has 2 amide bonds. The Kier molecular flexibility index (Phi) is 3.74. The topological polar surface area (TPSA) is 57.6 Å². The SMILES string of the molecule is CC1CCC(CO)(N2C(=O)CC(C)(C)CC2=O)CC1. The number of carbonyl (C=O) groups is 2. The fourth-order valence-corrected chi connectivity index (χ4v) is 3.46. The first-order chi connectivity index (χ1) is 8.80. The highest BCUT2D eigenvalue weighted by Gasteiger charge is 2.49. The summed E-state index contributed by atoms with van der Waals surface area (Å²) in [4.78, 5) is 26.1. The molecule has 0 aromatic rings. The molecule has 1 aliphatic carbocycles. The van der Waals surface area contributed by atoms with Crippen LogP contribution in [0.4, 0.5) is 0 Å². The maximum Gasteiger partial charge on any atom is 0.230 e. The number of hydrogen-bond donors (Lipinski definition) is 1. The van der Waals surface area contributed by atoms with Crippen molar-refractivity contribution in [1.82, 2.24) is 4.90 Å². The molecule has 1 N–H and O–H groups in total. The molecule has 0 atom stereocenters. The molecule has 2 aliphatic rings. The van der Waals surface area contributed by atoms with E-state index < -0.39 is 5.54 Å². The highest BCUT2D eigenvalue weighted by molar-refractivity contribution is 5.99. The normalized spacial score (nSPS) is 35.6. The van der Waals surface area contributed by atoms with Crippen LogP contribution in [0.5, 0.6) is 0 Å². The van der Waals surface area contributed by atoms with E-state index in [1.807, 2.05) is 13.8 Å². The lowest BCUT2D eigenvalue weighted by molar-refractivity contribution is -0.165. The summed E-state index contributed by atoms with van der Waals surface area (Å²) in [5, 5.41) is 9.80. The Bertz CT molecular complexity index is 361. The molecule has 19 heavy (non-hydrogen) atoms. The van der Waals surface area contributed by atoms with Gasteiger partial charge in [0.25, 0.3) is 0 Å². The molecule has 4 nitrogen and oxygen atoms in total. The Hall–Kier alpha value is -0.900. The van der Waals surface area contributed by atoms with Crippen LogP contribution in [0, 0.1) is 11.3 Å². The Morgan fingerprint density at radius 2 is 1.63 bits per heavy atom. The van der Waals surface area contributed by atoms with Crippen LogP contribution < -0.4 is 0 Å². The molecular formula is C15H25NO3. The van der Waals surface area contributed by atoms with Crippen LogP contribution in [-0.4, -0.2) is 34.0 Å². The number of amides is 2. The van der Waals surface area contributed by atoms with Gasteiger partial charge in [0.15, 0.2) is 0 Å². The van der Waals surface area contributed by atoms with Crippen LogP contribution in [0.2, 0.25) is 0 Å². The summed E-state index contributed by atoms with van der Waals surface area (Å²) in [6.45, 7) is 5.99. The van der Waals surface area contributed by atoms with Crippen molar-refractivity contribution in [2.75, 3.05) is 6.61 Å². The van der Waals surface area contributed by atoms with E-state index in [9.17, 15) is 14.7 Å². The van der Waals surface area contributed by atoms with E-state index in [0.29, 0.717) is 18.8 Å². The van der Waals surface area contributed by atoms with Crippen molar-refractivity contribution in [2.24, 2.45) is 11.3 Å². The smallest absolute Gasteiger partial charge is 0.230 e. The lowest BCUT2D eigenvalue weighted by Crippen LogP contribution is -2.61. The minimum Gasteiger partial charge on any atom is -0.394 e. The van der Waals surface area contributed by atoms with Crippen LogP contribution in [0.3, 0.4) is 0 Å². The fourth-order valence-electron chi connectivity index (χ4n) is 3.46. The molecule has 0 aromatic carbocycles. The van der Waals surface area contributed by atoms with Gasteiger partial charge in [0.05, 0.1) is 12.1 Å². The number of rotatable bonds is 2. The molecule has 108 valence electrons. The maximum absolute atomic E-state index is 12.4. The first-order valence-electron chi connectivity index (χ1n) is 7.26. The van der Waals surface area contributed by atoms with Gasteiger partial charge in [0.1, 0.15) is 0 Å². The van der Waals surface area contributed by atoms with Gasteiger partial charge in [0, 0.05) is 12.8 Å². The summed E-state index contributed by atoms with van der Waals surface area (Å²) < 4.78 is 0. The Morgan fingerprint density at radius 1 is 1.16 bits per heavy atom. The zero-order chi connectivity index (χ0) is 14.3. The van der Waals surface area contributed by atoms with E-state index in [0.717, 1.165) is 25.7 Å². The second-order valence-electron chi connectivity index (χ2n) is 7.21. The van der Waals surface area contributed by atoms with Crippen LogP contribution in [0.1, 0.15) is 59.3 Å². The van der Waals surface area contributed by atoms with E-state index in [2.05, 4.69) is 6.92 Å². The van der Waals surface area contributed by atoms with E-state index >= 15 is 0 Å². The molecule has 0 bridgehead atoms. The second kappa shape index (κ2) is 4.89. The number of nitrogens with zero attached hydrogens (tertiary/aromatic N) is 1. The molecule has 4 heteroatoms. The fraction of sp³-hybridized carbons (Fsp3) is 0.867.